The molecule has 0 saturated carbocycles. The Hall–Kier alpha value is -1.36. The number of nitrogens with one attached hydrogen (secondary N) is 1. The summed E-state index contributed by atoms with van der Waals surface area (Å²) < 4.78 is 1.96. The Labute approximate surface area is 120 Å². The SMILES string of the molecule is CC1CCC(C)N1C(=O)c1ccn(C2CCCNC2)n1. The Kier molecular flexibility index (Phi) is 3.78. The van der Waals surface area contributed by atoms with Crippen molar-refractivity contribution in [1.82, 2.24) is 20.0 Å². The molecule has 2 fully saturated rings. The lowest BCUT2D eigenvalue weighted by atomic mass is 10.1. The lowest BCUT2D eigenvalue weighted by Gasteiger charge is -2.25. The third-order valence-corrected chi connectivity index (χ3v) is 4.66. The van der Waals surface area contributed by atoms with E-state index in [4.69, 9.17) is 0 Å². The highest BCUT2D eigenvalue weighted by atomic mass is 16.2. The molecule has 2 aliphatic heterocycles. The molecule has 3 heterocycles. The van der Waals surface area contributed by atoms with Crippen molar-refractivity contribution < 1.29 is 4.79 Å². The van der Waals surface area contributed by atoms with E-state index in [-0.39, 0.29) is 5.91 Å². The lowest BCUT2D eigenvalue weighted by molar-refractivity contribution is 0.0685. The number of hydrogen-bond acceptors (Lipinski definition) is 3. The molecule has 2 saturated heterocycles. The lowest BCUT2D eigenvalue weighted by Crippen LogP contribution is -2.39. The van der Waals surface area contributed by atoms with Gasteiger partial charge in [-0.1, -0.05) is 0 Å². The minimum absolute atomic E-state index is 0.0880. The van der Waals surface area contributed by atoms with Gasteiger partial charge >= 0.3 is 0 Å². The van der Waals surface area contributed by atoms with Gasteiger partial charge in [0.05, 0.1) is 6.04 Å². The van der Waals surface area contributed by atoms with Crippen LogP contribution in [0.4, 0.5) is 0 Å². The van der Waals surface area contributed by atoms with Crippen molar-refractivity contribution >= 4 is 5.91 Å². The van der Waals surface area contributed by atoms with E-state index >= 15 is 0 Å². The van der Waals surface area contributed by atoms with Gasteiger partial charge in [0, 0.05) is 24.8 Å². The van der Waals surface area contributed by atoms with E-state index in [0.29, 0.717) is 23.8 Å². The molecular weight excluding hydrogens is 252 g/mol. The Balaban J connectivity index is 1.74. The summed E-state index contributed by atoms with van der Waals surface area (Å²) in [5.74, 6) is 0.0880. The summed E-state index contributed by atoms with van der Waals surface area (Å²) in [6, 6.07) is 2.92. The molecule has 1 N–H and O–H groups in total. The van der Waals surface area contributed by atoms with Crippen LogP contribution in [0.1, 0.15) is 56.1 Å². The van der Waals surface area contributed by atoms with E-state index in [1.807, 2.05) is 21.8 Å². The number of carbonyl (C=O) groups excluding carboxylic acids is 1. The predicted octanol–water partition coefficient (Wildman–Crippen LogP) is 1.82. The van der Waals surface area contributed by atoms with Gasteiger partial charge in [-0.25, -0.2) is 0 Å². The van der Waals surface area contributed by atoms with Crippen LogP contribution in [0.3, 0.4) is 0 Å². The average molecular weight is 276 g/mol. The zero-order valence-electron chi connectivity index (χ0n) is 12.4. The molecule has 0 aromatic carbocycles. The second-order valence-corrected chi connectivity index (χ2v) is 6.17. The van der Waals surface area contributed by atoms with Crippen molar-refractivity contribution in [2.24, 2.45) is 0 Å². The number of likely N-dealkylation sites (tertiary alicyclic amines) is 1. The Morgan fingerprint density at radius 2 is 2.05 bits per heavy atom. The van der Waals surface area contributed by atoms with Crippen LogP contribution in [0.25, 0.3) is 0 Å². The topological polar surface area (TPSA) is 50.2 Å². The van der Waals surface area contributed by atoms with Gasteiger partial charge in [0.1, 0.15) is 5.69 Å². The molecule has 0 spiro atoms. The van der Waals surface area contributed by atoms with Gasteiger partial charge < -0.3 is 10.2 Å². The van der Waals surface area contributed by atoms with Crippen LogP contribution in [-0.2, 0) is 0 Å². The van der Waals surface area contributed by atoms with Gasteiger partial charge in [0.15, 0.2) is 0 Å². The number of rotatable bonds is 2. The maximum absolute atomic E-state index is 12.6. The number of aromatic nitrogens is 2. The number of amides is 1. The van der Waals surface area contributed by atoms with Crippen molar-refractivity contribution in [2.45, 2.75) is 57.7 Å². The maximum Gasteiger partial charge on any atom is 0.274 e. The molecule has 0 radical (unpaired) electrons. The van der Waals surface area contributed by atoms with Gasteiger partial charge in [-0.2, -0.15) is 5.10 Å². The fourth-order valence-electron chi connectivity index (χ4n) is 3.44. The molecule has 5 heteroatoms. The molecule has 5 nitrogen and oxygen atoms in total. The smallest absolute Gasteiger partial charge is 0.274 e. The van der Waals surface area contributed by atoms with Crippen LogP contribution in [-0.4, -0.2) is 45.8 Å². The van der Waals surface area contributed by atoms with E-state index in [1.165, 1.54) is 6.42 Å². The first-order valence-corrected chi connectivity index (χ1v) is 7.75. The van der Waals surface area contributed by atoms with Crippen LogP contribution in [0.2, 0.25) is 0 Å². The van der Waals surface area contributed by atoms with Crippen LogP contribution in [0.15, 0.2) is 12.3 Å². The number of nitrogens with zero attached hydrogens (tertiary/aromatic N) is 3. The summed E-state index contributed by atoms with van der Waals surface area (Å²) in [6.07, 6.45) is 6.46. The number of piperidine rings is 1. The van der Waals surface area contributed by atoms with E-state index in [2.05, 4.69) is 24.3 Å². The highest BCUT2D eigenvalue weighted by Crippen LogP contribution is 2.25. The minimum atomic E-state index is 0.0880. The van der Waals surface area contributed by atoms with Crippen LogP contribution >= 0.6 is 0 Å². The maximum atomic E-state index is 12.6. The number of hydrogen-bond donors (Lipinski definition) is 1. The summed E-state index contributed by atoms with van der Waals surface area (Å²) in [6.45, 7) is 6.30. The molecule has 20 heavy (non-hydrogen) atoms. The minimum Gasteiger partial charge on any atom is -0.332 e. The molecule has 3 rings (SSSR count). The summed E-state index contributed by atoms with van der Waals surface area (Å²) >= 11 is 0. The first kappa shape index (κ1) is 13.6. The van der Waals surface area contributed by atoms with Crippen LogP contribution in [0, 0.1) is 0 Å². The molecule has 3 unspecified atom stereocenters. The quantitative estimate of drug-likeness (QED) is 0.896. The second kappa shape index (κ2) is 5.56. The summed E-state index contributed by atoms with van der Waals surface area (Å²) in [7, 11) is 0. The zero-order valence-corrected chi connectivity index (χ0v) is 12.4. The van der Waals surface area contributed by atoms with Crippen LogP contribution < -0.4 is 5.32 Å². The van der Waals surface area contributed by atoms with Gasteiger partial charge in [0.2, 0.25) is 0 Å². The summed E-state index contributed by atoms with van der Waals surface area (Å²) in [5.41, 5.74) is 0.594. The van der Waals surface area contributed by atoms with Gasteiger partial charge in [0.25, 0.3) is 5.91 Å². The predicted molar refractivity (Wildman–Crippen MR) is 77.7 cm³/mol. The molecule has 1 amide bonds. The normalized spacial score (nSPS) is 30.7. The van der Waals surface area contributed by atoms with E-state index < -0.39 is 0 Å². The fourth-order valence-corrected chi connectivity index (χ4v) is 3.44. The molecule has 110 valence electrons. The molecule has 0 aliphatic carbocycles. The van der Waals surface area contributed by atoms with Crippen molar-refractivity contribution in [3.63, 3.8) is 0 Å². The molecule has 0 bridgehead atoms. The molecule has 3 atom stereocenters. The van der Waals surface area contributed by atoms with Crippen molar-refractivity contribution in [3.05, 3.63) is 18.0 Å². The third kappa shape index (κ3) is 2.46. The Morgan fingerprint density at radius 1 is 1.30 bits per heavy atom. The first-order valence-electron chi connectivity index (χ1n) is 7.75. The molecule has 1 aromatic rings. The second-order valence-electron chi connectivity index (χ2n) is 6.17. The largest absolute Gasteiger partial charge is 0.332 e. The zero-order chi connectivity index (χ0) is 14.1. The van der Waals surface area contributed by atoms with E-state index in [0.717, 1.165) is 32.4 Å². The molecule has 2 aliphatic rings. The van der Waals surface area contributed by atoms with Crippen molar-refractivity contribution in [2.75, 3.05) is 13.1 Å². The van der Waals surface area contributed by atoms with Crippen molar-refractivity contribution in [3.8, 4) is 0 Å². The fraction of sp³-hybridized carbons (Fsp3) is 0.733. The third-order valence-electron chi connectivity index (χ3n) is 4.66. The monoisotopic (exact) mass is 276 g/mol. The van der Waals surface area contributed by atoms with Gasteiger partial charge in [-0.3, -0.25) is 9.48 Å². The van der Waals surface area contributed by atoms with Gasteiger partial charge in [-0.15, -0.1) is 0 Å². The van der Waals surface area contributed by atoms with Crippen LogP contribution in [0.5, 0.6) is 0 Å². The standard InChI is InChI=1S/C15H24N4O/c1-11-5-6-12(2)19(11)15(20)14-7-9-18(17-14)13-4-3-8-16-10-13/h7,9,11-13,16H,3-6,8,10H2,1-2H3. The van der Waals surface area contributed by atoms with E-state index in [1.54, 1.807) is 0 Å². The first-order chi connectivity index (χ1) is 9.66. The highest BCUT2D eigenvalue weighted by molar-refractivity contribution is 5.92. The summed E-state index contributed by atoms with van der Waals surface area (Å²) in [5, 5.41) is 7.92. The van der Waals surface area contributed by atoms with Gasteiger partial charge in [-0.05, 0) is 52.1 Å². The van der Waals surface area contributed by atoms with E-state index in [9.17, 15) is 4.79 Å². The highest BCUT2D eigenvalue weighted by Gasteiger charge is 2.33. The Morgan fingerprint density at radius 3 is 2.70 bits per heavy atom. The average Bonchev–Trinajstić information content (AvgIpc) is 3.07. The van der Waals surface area contributed by atoms with Crippen molar-refractivity contribution in [1.29, 1.82) is 0 Å². The summed E-state index contributed by atoms with van der Waals surface area (Å²) in [4.78, 5) is 14.6. The molecular formula is C15H24N4O. The number of carbonyl (C=O) groups is 1. The molecule has 1 aromatic heterocycles. The Bertz CT molecular complexity index is 468.